The molecule has 0 saturated carbocycles. The fraction of sp³-hybridized carbons (Fsp3) is 0.188. The Labute approximate surface area is 126 Å². The van der Waals surface area contributed by atoms with Crippen LogP contribution >= 0.6 is 0 Å². The normalized spacial score (nSPS) is 11.1. The van der Waals surface area contributed by atoms with Crippen LogP contribution in [0, 0.1) is 6.92 Å². The first kappa shape index (κ1) is 15.9. The van der Waals surface area contributed by atoms with Crippen LogP contribution in [-0.4, -0.2) is 6.03 Å². The Morgan fingerprint density at radius 1 is 1.09 bits per heavy atom. The first-order valence-electron chi connectivity index (χ1n) is 6.63. The summed E-state index contributed by atoms with van der Waals surface area (Å²) in [6.07, 6.45) is -4.51. The molecule has 0 fully saturated rings. The van der Waals surface area contributed by atoms with E-state index in [9.17, 15) is 18.0 Å². The van der Waals surface area contributed by atoms with Crippen LogP contribution in [-0.2, 0) is 12.7 Å². The van der Waals surface area contributed by atoms with Gasteiger partial charge < -0.3 is 10.6 Å². The summed E-state index contributed by atoms with van der Waals surface area (Å²) in [6.45, 7) is 2.16. The fourth-order valence-corrected chi connectivity index (χ4v) is 2.01. The lowest BCUT2D eigenvalue weighted by Crippen LogP contribution is -2.29. The number of carbonyl (C=O) groups is 1. The zero-order valence-electron chi connectivity index (χ0n) is 11.9. The maximum atomic E-state index is 12.8. The molecule has 0 unspecified atom stereocenters. The predicted molar refractivity (Wildman–Crippen MR) is 78.5 cm³/mol. The van der Waals surface area contributed by atoms with Gasteiger partial charge in [0.05, 0.1) is 11.3 Å². The van der Waals surface area contributed by atoms with Crippen molar-refractivity contribution in [3.8, 4) is 0 Å². The molecule has 0 aliphatic heterocycles. The van der Waals surface area contributed by atoms with E-state index in [0.717, 1.165) is 17.2 Å². The molecule has 2 N–H and O–H groups in total. The van der Waals surface area contributed by atoms with Gasteiger partial charge in [-0.1, -0.05) is 42.0 Å². The number of hydrogen-bond donors (Lipinski definition) is 2. The molecule has 116 valence electrons. The Morgan fingerprint density at radius 3 is 2.50 bits per heavy atom. The van der Waals surface area contributed by atoms with E-state index in [2.05, 4.69) is 10.6 Å². The molecule has 0 saturated heterocycles. The number of hydrogen-bond acceptors (Lipinski definition) is 1. The predicted octanol–water partition coefficient (Wildman–Crippen LogP) is 4.34. The number of carbonyl (C=O) groups excluding carboxylic acids is 1. The highest BCUT2D eigenvalue weighted by atomic mass is 19.4. The summed E-state index contributed by atoms with van der Waals surface area (Å²) in [6, 6.07) is 11.7. The van der Waals surface area contributed by atoms with Gasteiger partial charge in [0.25, 0.3) is 0 Å². The Kier molecular flexibility index (Phi) is 4.70. The average molecular weight is 308 g/mol. The van der Waals surface area contributed by atoms with E-state index in [-0.39, 0.29) is 12.2 Å². The van der Waals surface area contributed by atoms with Crippen molar-refractivity contribution in [1.29, 1.82) is 0 Å². The molecule has 2 aromatic carbocycles. The zero-order chi connectivity index (χ0) is 16.2. The number of halogens is 3. The van der Waals surface area contributed by atoms with Gasteiger partial charge in [0.2, 0.25) is 0 Å². The lowest BCUT2D eigenvalue weighted by Gasteiger charge is -2.14. The first-order valence-corrected chi connectivity index (χ1v) is 6.63. The van der Waals surface area contributed by atoms with E-state index < -0.39 is 17.8 Å². The van der Waals surface area contributed by atoms with Crippen molar-refractivity contribution in [1.82, 2.24) is 5.32 Å². The first-order chi connectivity index (χ1) is 10.4. The van der Waals surface area contributed by atoms with Gasteiger partial charge in [0, 0.05) is 6.54 Å². The molecule has 3 nitrogen and oxygen atoms in total. The largest absolute Gasteiger partial charge is 0.418 e. The van der Waals surface area contributed by atoms with Gasteiger partial charge in [-0.05, 0) is 24.6 Å². The van der Waals surface area contributed by atoms with Crippen LogP contribution in [0.25, 0.3) is 0 Å². The second-order valence-corrected chi connectivity index (χ2v) is 4.84. The molecule has 0 aliphatic carbocycles. The summed E-state index contributed by atoms with van der Waals surface area (Å²) in [5.41, 5.74) is 0.777. The third-order valence-corrected chi connectivity index (χ3v) is 3.02. The highest BCUT2D eigenvalue weighted by molar-refractivity contribution is 5.90. The number of benzene rings is 2. The lowest BCUT2D eigenvalue weighted by atomic mass is 10.1. The molecular weight excluding hydrogens is 293 g/mol. The molecule has 0 heterocycles. The second kappa shape index (κ2) is 6.51. The highest BCUT2D eigenvalue weighted by Crippen LogP contribution is 2.34. The third-order valence-electron chi connectivity index (χ3n) is 3.02. The number of anilines is 1. The summed E-state index contributed by atoms with van der Waals surface area (Å²) in [5.74, 6) is 0. The van der Waals surface area contributed by atoms with Crippen LogP contribution in [0.2, 0.25) is 0 Å². The van der Waals surface area contributed by atoms with Crippen LogP contribution in [0.3, 0.4) is 0 Å². The fourth-order valence-electron chi connectivity index (χ4n) is 2.01. The van der Waals surface area contributed by atoms with Crippen LogP contribution in [0.15, 0.2) is 48.5 Å². The Bertz CT molecular complexity index is 668. The lowest BCUT2D eigenvalue weighted by molar-refractivity contribution is -0.136. The minimum Gasteiger partial charge on any atom is -0.334 e. The Morgan fingerprint density at radius 2 is 1.82 bits per heavy atom. The van der Waals surface area contributed by atoms with E-state index in [4.69, 9.17) is 0 Å². The quantitative estimate of drug-likeness (QED) is 0.870. The van der Waals surface area contributed by atoms with Gasteiger partial charge in [0.15, 0.2) is 0 Å². The standard InChI is InChI=1S/C16H15F3N2O/c1-11-5-4-6-12(9-11)10-20-15(22)21-14-8-3-2-7-13(14)16(17,18)19/h2-9H,10H2,1H3,(H2,20,21,22). The van der Waals surface area contributed by atoms with Crippen LogP contribution < -0.4 is 10.6 Å². The van der Waals surface area contributed by atoms with Gasteiger partial charge in [0.1, 0.15) is 0 Å². The van der Waals surface area contributed by atoms with Crippen molar-refractivity contribution < 1.29 is 18.0 Å². The molecule has 0 aromatic heterocycles. The van der Waals surface area contributed by atoms with Crippen molar-refractivity contribution in [2.45, 2.75) is 19.6 Å². The van der Waals surface area contributed by atoms with Crippen LogP contribution in [0.4, 0.5) is 23.7 Å². The van der Waals surface area contributed by atoms with Gasteiger partial charge in [-0.2, -0.15) is 13.2 Å². The molecule has 2 aromatic rings. The van der Waals surface area contributed by atoms with Crippen LogP contribution in [0.5, 0.6) is 0 Å². The monoisotopic (exact) mass is 308 g/mol. The number of rotatable bonds is 3. The summed E-state index contributed by atoms with van der Waals surface area (Å²) < 4.78 is 38.5. The SMILES string of the molecule is Cc1cccc(CNC(=O)Nc2ccccc2C(F)(F)F)c1. The number of amides is 2. The molecule has 0 radical (unpaired) electrons. The minimum atomic E-state index is -4.51. The number of aryl methyl sites for hydroxylation is 1. The van der Waals surface area contributed by atoms with E-state index in [1.54, 1.807) is 0 Å². The molecule has 0 atom stereocenters. The van der Waals surface area contributed by atoms with Gasteiger partial charge in [-0.15, -0.1) is 0 Å². The van der Waals surface area contributed by atoms with Gasteiger partial charge in [-0.25, -0.2) is 4.79 Å². The average Bonchev–Trinajstić information content (AvgIpc) is 2.45. The van der Waals surface area contributed by atoms with E-state index >= 15 is 0 Å². The highest BCUT2D eigenvalue weighted by Gasteiger charge is 2.33. The minimum absolute atomic E-state index is 0.238. The molecule has 0 spiro atoms. The van der Waals surface area contributed by atoms with Crippen molar-refractivity contribution >= 4 is 11.7 Å². The van der Waals surface area contributed by atoms with Crippen LogP contribution in [0.1, 0.15) is 16.7 Å². The van der Waals surface area contributed by atoms with E-state index in [1.807, 2.05) is 31.2 Å². The molecule has 0 aliphatic rings. The topological polar surface area (TPSA) is 41.1 Å². The molecule has 0 bridgehead atoms. The Balaban J connectivity index is 2.01. The molecule has 2 amide bonds. The summed E-state index contributed by atoms with van der Waals surface area (Å²) in [5, 5.41) is 4.77. The van der Waals surface area contributed by atoms with Crippen molar-refractivity contribution in [3.63, 3.8) is 0 Å². The summed E-state index contributed by atoms with van der Waals surface area (Å²) in [7, 11) is 0. The molecular formula is C16H15F3N2O. The molecule has 2 rings (SSSR count). The Hall–Kier alpha value is -2.50. The van der Waals surface area contributed by atoms with Crippen molar-refractivity contribution in [2.24, 2.45) is 0 Å². The van der Waals surface area contributed by atoms with E-state index in [0.29, 0.717) is 0 Å². The summed E-state index contributed by atoms with van der Waals surface area (Å²) >= 11 is 0. The number of nitrogens with one attached hydrogen (secondary N) is 2. The van der Waals surface area contributed by atoms with E-state index in [1.165, 1.54) is 18.2 Å². The van der Waals surface area contributed by atoms with Crippen molar-refractivity contribution in [2.75, 3.05) is 5.32 Å². The summed E-state index contributed by atoms with van der Waals surface area (Å²) in [4.78, 5) is 11.8. The molecule has 22 heavy (non-hydrogen) atoms. The number of alkyl halides is 3. The number of para-hydroxylation sites is 1. The zero-order valence-corrected chi connectivity index (χ0v) is 11.9. The van der Waals surface area contributed by atoms with Gasteiger partial charge >= 0.3 is 12.2 Å². The third kappa shape index (κ3) is 4.25. The maximum Gasteiger partial charge on any atom is 0.418 e. The number of urea groups is 1. The van der Waals surface area contributed by atoms with Gasteiger partial charge in [-0.3, -0.25) is 0 Å². The van der Waals surface area contributed by atoms with Crippen molar-refractivity contribution in [3.05, 3.63) is 65.2 Å². The smallest absolute Gasteiger partial charge is 0.334 e. The second-order valence-electron chi connectivity index (χ2n) is 4.84. The molecule has 6 heteroatoms. The maximum absolute atomic E-state index is 12.8.